The second-order valence-corrected chi connectivity index (χ2v) is 8.11. The molecule has 0 radical (unpaired) electrons. The van der Waals surface area contributed by atoms with E-state index in [-0.39, 0.29) is 11.5 Å². The van der Waals surface area contributed by atoms with Crippen LogP contribution in [0.25, 0.3) is 0 Å². The molecule has 2 saturated heterocycles. The van der Waals surface area contributed by atoms with Crippen LogP contribution in [0.3, 0.4) is 0 Å². The maximum absolute atomic E-state index is 12.6. The third-order valence-corrected chi connectivity index (χ3v) is 6.49. The molecule has 1 atom stereocenters. The molecule has 2 aliphatic rings. The van der Waals surface area contributed by atoms with E-state index in [1.54, 1.807) is 12.4 Å². The highest BCUT2D eigenvalue weighted by Crippen LogP contribution is 2.42. The zero-order valence-electron chi connectivity index (χ0n) is 15.0. The van der Waals surface area contributed by atoms with Crippen molar-refractivity contribution < 1.29 is 14.3 Å². The largest absolute Gasteiger partial charge is 0.377 e. The average molecular weight is 372 g/mol. The molecule has 6 heteroatoms. The highest BCUT2D eigenvalue weighted by molar-refractivity contribution is 7.12. The Kier molecular flexibility index (Phi) is 5.07. The zero-order valence-corrected chi connectivity index (χ0v) is 15.8. The van der Waals surface area contributed by atoms with Gasteiger partial charge in [-0.05, 0) is 60.4 Å². The summed E-state index contributed by atoms with van der Waals surface area (Å²) >= 11 is 1.53. The summed E-state index contributed by atoms with van der Waals surface area (Å²) in [5, 5.41) is 1.98. The first kappa shape index (κ1) is 17.6. The van der Waals surface area contributed by atoms with Crippen molar-refractivity contribution in [3.8, 4) is 0 Å². The number of amides is 1. The Bertz CT molecular complexity index is 755. The molecule has 0 aromatic carbocycles. The fraction of sp³-hybridized carbons (Fsp3) is 0.500. The number of nitrogens with zero attached hydrogens (tertiary/aromatic N) is 2. The molecular weight excluding hydrogens is 348 g/mol. The molecule has 5 nitrogen and oxygen atoms in total. The number of ether oxygens (including phenoxy) is 2. The number of carbonyl (C=O) groups excluding carboxylic acids is 1. The van der Waals surface area contributed by atoms with Crippen LogP contribution in [0.5, 0.6) is 0 Å². The van der Waals surface area contributed by atoms with Gasteiger partial charge in [-0.3, -0.25) is 9.78 Å². The number of hydrogen-bond donors (Lipinski definition) is 0. The number of aryl methyl sites for hydroxylation is 1. The van der Waals surface area contributed by atoms with Crippen molar-refractivity contribution in [2.24, 2.45) is 5.92 Å². The summed E-state index contributed by atoms with van der Waals surface area (Å²) in [6, 6.07) is 5.95. The summed E-state index contributed by atoms with van der Waals surface area (Å²) in [5.41, 5.74) is 2.05. The molecule has 2 aromatic heterocycles. The summed E-state index contributed by atoms with van der Waals surface area (Å²) in [5.74, 6) is 0.611. The molecule has 0 aliphatic carbocycles. The van der Waals surface area contributed by atoms with E-state index in [0.29, 0.717) is 25.6 Å². The minimum absolute atomic E-state index is 0.145. The van der Waals surface area contributed by atoms with E-state index in [2.05, 4.69) is 4.98 Å². The second kappa shape index (κ2) is 7.47. The van der Waals surface area contributed by atoms with Gasteiger partial charge in [0, 0.05) is 25.6 Å². The molecule has 0 bridgehead atoms. The van der Waals surface area contributed by atoms with E-state index in [9.17, 15) is 4.79 Å². The average Bonchev–Trinajstić information content (AvgIpc) is 3.24. The van der Waals surface area contributed by atoms with Crippen LogP contribution in [0, 0.1) is 12.8 Å². The van der Waals surface area contributed by atoms with Crippen molar-refractivity contribution >= 4 is 17.2 Å². The van der Waals surface area contributed by atoms with Gasteiger partial charge in [0.2, 0.25) is 0 Å². The van der Waals surface area contributed by atoms with Crippen molar-refractivity contribution in [2.45, 2.75) is 32.0 Å². The Morgan fingerprint density at radius 3 is 2.92 bits per heavy atom. The fourth-order valence-corrected chi connectivity index (χ4v) is 4.81. The summed E-state index contributed by atoms with van der Waals surface area (Å²) in [7, 11) is 0. The molecule has 2 aliphatic heterocycles. The number of thiophene rings is 1. The first-order valence-corrected chi connectivity index (χ1v) is 10.00. The SMILES string of the molecule is Cc1ccsc1C(=O)N1CC2(C1)OCC[C@H]2CCOCc1ccncc1. The summed E-state index contributed by atoms with van der Waals surface area (Å²) in [6.07, 6.45) is 5.60. The first-order valence-electron chi connectivity index (χ1n) is 9.12. The maximum atomic E-state index is 12.6. The molecule has 26 heavy (non-hydrogen) atoms. The lowest BCUT2D eigenvalue weighted by atomic mass is 9.79. The zero-order chi connectivity index (χ0) is 18.0. The Morgan fingerprint density at radius 1 is 1.38 bits per heavy atom. The van der Waals surface area contributed by atoms with Crippen molar-refractivity contribution in [1.82, 2.24) is 9.88 Å². The highest BCUT2D eigenvalue weighted by Gasteiger charge is 2.54. The van der Waals surface area contributed by atoms with Gasteiger partial charge in [-0.15, -0.1) is 11.3 Å². The van der Waals surface area contributed by atoms with Crippen molar-refractivity contribution in [3.05, 3.63) is 52.0 Å². The minimum Gasteiger partial charge on any atom is -0.377 e. The van der Waals surface area contributed by atoms with Crippen molar-refractivity contribution in [1.29, 1.82) is 0 Å². The van der Waals surface area contributed by atoms with Gasteiger partial charge in [0.1, 0.15) is 5.60 Å². The smallest absolute Gasteiger partial charge is 0.264 e. The molecule has 138 valence electrons. The van der Waals surface area contributed by atoms with Gasteiger partial charge >= 0.3 is 0 Å². The molecule has 0 unspecified atom stereocenters. The minimum atomic E-state index is -0.152. The Morgan fingerprint density at radius 2 is 2.19 bits per heavy atom. The number of hydrogen-bond acceptors (Lipinski definition) is 5. The van der Waals surface area contributed by atoms with Crippen LogP contribution < -0.4 is 0 Å². The van der Waals surface area contributed by atoms with E-state index >= 15 is 0 Å². The molecule has 4 heterocycles. The number of carbonyl (C=O) groups is 1. The molecule has 0 saturated carbocycles. The van der Waals surface area contributed by atoms with E-state index in [0.717, 1.165) is 42.1 Å². The first-order chi connectivity index (χ1) is 12.7. The van der Waals surface area contributed by atoms with Gasteiger partial charge in [-0.1, -0.05) is 0 Å². The monoisotopic (exact) mass is 372 g/mol. The Balaban J connectivity index is 1.26. The summed E-state index contributed by atoms with van der Waals surface area (Å²) in [4.78, 5) is 19.4. The third-order valence-electron chi connectivity index (χ3n) is 5.49. The number of aromatic nitrogens is 1. The highest BCUT2D eigenvalue weighted by atomic mass is 32.1. The summed E-state index contributed by atoms with van der Waals surface area (Å²) < 4.78 is 11.9. The molecule has 4 rings (SSSR count). The Labute approximate surface area is 157 Å². The van der Waals surface area contributed by atoms with Crippen LogP contribution in [0.15, 0.2) is 36.0 Å². The second-order valence-electron chi connectivity index (χ2n) is 7.19. The lowest BCUT2D eigenvalue weighted by Crippen LogP contribution is -2.66. The number of rotatable bonds is 6. The van der Waals surface area contributed by atoms with E-state index < -0.39 is 0 Å². The van der Waals surface area contributed by atoms with Gasteiger partial charge in [-0.25, -0.2) is 0 Å². The van der Waals surface area contributed by atoms with Gasteiger partial charge in [0.25, 0.3) is 5.91 Å². The van der Waals surface area contributed by atoms with Crippen molar-refractivity contribution in [3.63, 3.8) is 0 Å². The molecule has 1 spiro atoms. The van der Waals surface area contributed by atoms with Gasteiger partial charge in [0.05, 0.1) is 24.6 Å². The lowest BCUT2D eigenvalue weighted by Gasteiger charge is -2.50. The number of pyridine rings is 1. The van der Waals surface area contributed by atoms with Crippen LogP contribution in [0.2, 0.25) is 0 Å². The van der Waals surface area contributed by atoms with Gasteiger partial charge < -0.3 is 14.4 Å². The van der Waals surface area contributed by atoms with Gasteiger partial charge in [0.15, 0.2) is 0 Å². The lowest BCUT2D eigenvalue weighted by molar-refractivity contribution is -0.120. The summed E-state index contributed by atoms with van der Waals surface area (Å²) in [6.45, 7) is 5.53. The number of likely N-dealkylation sites (tertiary alicyclic amines) is 1. The van der Waals surface area contributed by atoms with Crippen LogP contribution in [-0.2, 0) is 16.1 Å². The molecule has 2 fully saturated rings. The quantitative estimate of drug-likeness (QED) is 0.730. The Hall–Kier alpha value is -1.76. The van der Waals surface area contributed by atoms with E-state index in [4.69, 9.17) is 9.47 Å². The van der Waals surface area contributed by atoms with E-state index in [1.807, 2.05) is 35.4 Å². The molecule has 0 N–H and O–H groups in total. The predicted octanol–water partition coefficient (Wildman–Crippen LogP) is 3.29. The molecule has 1 amide bonds. The van der Waals surface area contributed by atoms with Crippen LogP contribution in [-0.4, -0.2) is 47.7 Å². The molecule has 2 aromatic rings. The van der Waals surface area contributed by atoms with E-state index in [1.165, 1.54) is 11.3 Å². The predicted molar refractivity (Wildman–Crippen MR) is 100 cm³/mol. The molecular formula is C20H24N2O3S. The maximum Gasteiger partial charge on any atom is 0.264 e. The van der Waals surface area contributed by atoms with Crippen LogP contribution in [0.1, 0.15) is 33.6 Å². The fourth-order valence-electron chi connectivity index (χ4n) is 3.92. The standard InChI is InChI=1S/C20H24N2O3S/c1-15-6-11-26-18(15)19(23)22-13-20(14-22)17(5-10-25-20)4-9-24-12-16-2-7-21-8-3-16/h2-3,6-8,11,17H,4-5,9-10,12-14H2,1H3/t17-/m1/s1. The topological polar surface area (TPSA) is 51.7 Å². The van der Waals surface area contributed by atoms with Gasteiger partial charge in [-0.2, -0.15) is 0 Å². The van der Waals surface area contributed by atoms with Crippen molar-refractivity contribution in [2.75, 3.05) is 26.3 Å². The van der Waals surface area contributed by atoms with Crippen LogP contribution in [0.4, 0.5) is 0 Å². The van der Waals surface area contributed by atoms with Crippen LogP contribution >= 0.6 is 11.3 Å². The normalized spacial score (nSPS) is 21.1. The third kappa shape index (κ3) is 3.41.